The third-order valence-electron chi connectivity index (χ3n) is 6.07. The van der Waals surface area contributed by atoms with Crippen molar-refractivity contribution in [2.75, 3.05) is 19.6 Å². The molecule has 8 nitrogen and oxygen atoms in total. The first-order valence-corrected chi connectivity index (χ1v) is 13.7. The van der Waals surface area contributed by atoms with Gasteiger partial charge in [-0.25, -0.2) is 13.1 Å². The number of piperazine rings is 1. The van der Waals surface area contributed by atoms with Crippen LogP contribution in [0, 0.1) is 12.8 Å². The van der Waals surface area contributed by atoms with Gasteiger partial charge in [-0.2, -0.15) is 8.78 Å². The maximum atomic E-state index is 13.6. The van der Waals surface area contributed by atoms with Gasteiger partial charge < -0.3 is 15.4 Å². The molecule has 202 valence electrons. The van der Waals surface area contributed by atoms with E-state index in [1.54, 1.807) is 45.0 Å². The molecule has 2 aromatic carbocycles. The van der Waals surface area contributed by atoms with E-state index in [9.17, 15) is 26.8 Å². The number of Topliss-reactive ketones (excluding diaryl/α,β-unsaturated/α-hetero) is 1. The first kappa shape index (κ1) is 28.7. The molecule has 1 unspecified atom stereocenters. The molecule has 11 heteroatoms. The van der Waals surface area contributed by atoms with Crippen molar-refractivity contribution >= 4 is 21.7 Å². The van der Waals surface area contributed by atoms with Crippen LogP contribution in [0.2, 0.25) is 0 Å². The van der Waals surface area contributed by atoms with Crippen LogP contribution >= 0.6 is 0 Å². The zero-order valence-electron chi connectivity index (χ0n) is 21.4. The summed E-state index contributed by atoms with van der Waals surface area (Å²) in [7, 11) is -4.38. The number of hydrogen-bond acceptors (Lipinski definition) is 7. The molecule has 3 rings (SSSR count). The fraction of sp³-hybridized carbons (Fsp3) is 0.462. The molecular weight excluding hydrogens is 504 g/mol. The molecule has 0 spiro atoms. The topological polar surface area (TPSA) is 114 Å². The summed E-state index contributed by atoms with van der Waals surface area (Å²) in [5.41, 5.74) is 1.46. The second kappa shape index (κ2) is 11.7. The van der Waals surface area contributed by atoms with Crippen molar-refractivity contribution in [3.63, 3.8) is 0 Å². The summed E-state index contributed by atoms with van der Waals surface area (Å²) in [5, 5.41) is 6.00. The molecule has 1 aliphatic rings. The number of amides is 1. The molecule has 1 fully saturated rings. The number of carbonyl (C=O) groups excluding carboxylic acids is 2. The van der Waals surface area contributed by atoms with Crippen molar-refractivity contribution in [3.05, 3.63) is 58.7 Å². The predicted octanol–water partition coefficient (Wildman–Crippen LogP) is 3.17. The summed E-state index contributed by atoms with van der Waals surface area (Å²) in [6, 6.07) is 8.52. The zero-order chi connectivity index (χ0) is 27.4. The molecule has 1 aliphatic heterocycles. The standard InChI is InChI=1S/C26H33F2N3O5S/c1-5-26(27,28)36-20-10-7-18(8-11-20)14-19-9-6-17(4)24(22(19)23(32)16(2)3)37(34,35)31-25(33)21-15-29-12-13-30-21/h6-11,16,21,29-30H,5,12-15H2,1-4H3,(H,31,33). The van der Waals surface area contributed by atoms with Crippen LogP contribution in [0.1, 0.15) is 54.2 Å². The smallest absolute Gasteiger partial charge is 0.397 e. The first-order chi connectivity index (χ1) is 17.3. The van der Waals surface area contributed by atoms with Crippen LogP contribution in [-0.2, 0) is 21.2 Å². The number of rotatable bonds is 10. The molecular formula is C26H33F2N3O5S. The molecule has 1 amide bonds. The lowest BCUT2D eigenvalue weighted by atomic mass is 9.91. The van der Waals surface area contributed by atoms with Crippen molar-refractivity contribution in [1.82, 2.24) is 15.4 Å². The second-order valence-electron chi connectivity index (χ2n) is 9.36. The van der Waals surface area contributed by atoms with Crippen LogP contribution in [0.4, 0.5) is 8.78 Å². The molecule has 0 radical (unpaired) electrons. The SMILES string of the molecule is CCC(F)(F)Oc1ccc(Cc2ccc(C)c(S(=O)(=O)NC(=O)C3CNCCN3)c2C(=O)C(C)C)cc1. The van der Waals surface area contributed by atoms with E-state index in [0.29, 0.717) is 29.8 Å². The molecule has 0 bridgehead atoms. The van der Waals surface area contributed by atoms with E-state index in [-0.39, 0.29) is 35.0 Å². The number of carbonyl (C=O) groups is 2. The number of alkyl halides is 2. The van der Waals surface area contributed by atoms with Gasteiger partial charge in [-0.1, -0.05) is 45.0 Å². The minimum Gasteiger partial charge on any atom is -0.433 e. The van der Waals surface area contributed by atoms with Gasteiger partial charge in [0.25, 0.3) is 15.9 Å². The van der Waals surface area contributed by atoms with Crippen molar-refractivity contribution in [1.29, 1.82) is 0 Å². The monoisotopic (exact) mass is 537 g/mol. The summed E-state index contributed by atoms with van der Waals surface area (Å²) >= 11 is 0. The van der Waals surface area contributed by atoms with E-state index < -0.39 is 40.4 Å². The Balaban J connectivity index is 1.98. The Morgan fingerprint density at radius 3 is 2.38 bits per heavy atom. The van der Waals surface area contributed by atoms with Crippen LogP contribution < -0.4 is 20.1 Å². The minimum atomic E-state index is -4.38. The third kappa shape index (κ3) is 7.12. The first-order valence-electron chi connectivity index (χ1n) is 12.2. The molecule has 0 aromatic heterocycles. The van der Waals surface area contributed by atoms with Crippen molar-refractivity contribution in [2.45, 2.75) is 57.6 Å². The van der Waals surface area contributed by atoms with E-state index >= 15 is 0 Å². The van der Waals surface area contributed by atoms with Crippen molar-refractivity contribution in [3.8, 4) is 5.75 Å². The Labute approximate surface area is 216 Å². The van der Waals surface area contributed by atoms with Gasteiger partial charge in [0.1, 0.15) is 16.7 Å². The highest BCUT2D eigenvalue weighted by Gasteiger charge is 2.32. The van der Waals surface area contributed by atoms with E-state index in [1.165, 1.54) is 19.1 Å². The lowest BCUT2D eigenvalue weighted by Gasteiger charge is -2.24. The number of ketones is 1. The number of sulfonamides is 1. The van der Waals surface area contributed by atoms with Gasteiger partial charge in [0.15, 0.2) is 5.78 Å². The predicted molar refractivity (Wildman–Crippen MR) is 135 cm³/mol. The number of hydrogen-bond donors (Lipinski definition) is 3. The van der Waals surface area contributed by atoms with Gasteiger partial charge in [-0.3, -0.25) is 9.59 Å². The Kier molecular flexibility index (Phi) is 9.04. The summed E-state index contributed by atoms with van der Waals surface area (Å²) in [5.74, 6) is -1.61. The van der Waals surface area contributed by atoms with Gasteiger partial charge in [0.05, 0.1) is 0 Å². The van der Waals surface area contributed by atoms with Gasteiger partial charge >= 0.3 is 6.11 Å². The molecule has 3 N–H and O–H groups in total. The molecule has 2 aromatic rings. The Morgan fingerprint density at radius 2 is 1.81 bits per heavy atom. The average Bonchev–Trinajstić information content (AvgIpc) is 2.85. The van der Waals surface area contributed by atoms with Gasteiger partial charge in [-0.05, 0) is 42.2 Å². The average molecular weight is 538 g/mol. The van der Waals surface area contributed by atoms with Crippen molar-refractivity contribution < 1.29 is 31.5 Å². The second-order valence-corrected chi connectivity index (χ2v) is 11.0. The Morgan fingerprint density at radius 1 is 1.14 bits per heavy atom. The number of aryl methyl sites for hydroxylation is 1. The van der Waals surface area contributed by atoms with E-state index in [4.69, 9.17) is 4.74 Å². The van der Waals surface area contributed by atoms with Crippen LogP contribution in [0.25, 0.3) is 0 Å². The van der Waals surface area contributed by atoms with Gasteiger partial charge in [0, 0.05) is 37.5 Å². The van der Waals surface area contributed by atoms with Crippen LogP contribution in [-0.4, -0.2) is 51.9 Å². The fourth-order valence-corrected chi connectivity index (χ4v) is 5.51. The number of halogens is 2. The lowest BCUT2D eigenvalue weighted by Crippen LogP contribution is -2.56. The normalized spacial score (nSPS) is 16.5. The number of benzene rings is 2. The highest BCUT2D eigenvalue weighted by molar-refractivity contribution is 7.90. The van der Waals surface area contributed by atoms with Crippen LogP contribution in [0.5, 0.6) is 5.75 Å². The summed E-state index contributed by atoms with van der Waals surface area (Å²) in [4.78, 5) is 25.8. The lowest BCUT2D eigenvalue weighted by molar-refractivity contribution is -0.177. The van der Waals surface area contributed by atoms with Crippen LogP contribution in [0.3, 0.4) is 0 Å². The molecule has 1 atom stereocenters. The van der Waals surface area contributed by atoms with Gasteiger partial charge in [-0.15, -0.1) is 0 Å². The third-order valence-corrected chi connectivity index (χ3v) is 7.60. The van der Waals surface area contributed by atoms with E-state index in [0.717, 1.165) is 0 Å². The fourth-order valence-electron chi connectivity index (χ4n) is 4.01. The van der Waals surface area contributed by atoms with Crippen LogP contribution in [0.15, 0.2) is 41.3 Å². The highest BCUT2D eigenvalue weighted by atomic mass is 32.2. The maximum absolute atomic E-state index is 13.6. The molecule has 37 heavy (non-hydrogen) atoms. The summed E-state index contributed by atoms with van der Waals surface area (Å²) in [6.45, 7) is 7.68. The molecule has 0 saturated carbocycles. The van der Waals surface area contributed by atoms with E-state index in [1.807, 2.05) is 0 Å². The van der Waals surface area contributed by atoms with Crippen molar-refractivity contribution in [2.24, 2.45) is 5.92 Å². The van der Waals surface area contributed by atoms with E-state index in [2.05, 4.69) is 15.4 Å². The Hall–Kier alpha value is -2.89. The number of ether oxygens (including phenoxy) is 1. The summed E-state index contributed by atoms with van der Waals surface area (Å²) in [6.07, 6.45) is -3.59. The number of nitrogens with one attached hydrogen (secondary N) is 3. The highest BCUT2D eigenvalue weighted by Crippen LogP contribution is 2.30. The maximum Gasteiger partial charge on any atom is 0.397 e. The quantitative estimate of drug-likeness (QED) is 0.399. The molecule has 1 heterocycles. The Bertz CT molecular complexity index is 1240. The zero-order valence-corrected chi connectivity index (χ0v) is 22.2. The summed E-state index contributed by atoms with van der Waals surface area (Å²) < 4.78 is 60.8. The van der Waals surface area contributed by atoms with Gasteiger partial charge in [0.2, 0.25) is 0 Å². The minimum absolute atomic E-state index is 0.00484. The molecule has 0 aliphatic carbocycles. The molecule has 1 saturated heterocycles. The largest absolute Gasteiger partial charge is 0.433 e.